The second kappa shape index (κ2) is 10.8. The van der Waals surface area contributed by atoms with Crippen LogP contribution in [0.4, 0.5) is 0 Å². The summed E-state index contributed by atoms with van der Waals surface area (Å²) in [7, 11) is 0. The molecule has 2 N–H and O–H groups in total. The Balaban J connectivity index is 2.02. The Morgan fingerprint density at radius 2 is 1.77 bits per heavy atom. The van der Waals surface area contributed by atoms with Crippen LogP contribution < -0.4 is 5.73 Å². The second-order valence-corrected chi connectivity index (χ2v) is 5.33. The number of amides is 1. The van der Waals surface area contributed by atoms with Crippen molar-refractivity contribution in [2.75, 3.05) is 6.61 Å². The third-order valence-electron chi connectivity index (χ3n) is 3.31. The van der Waals surface area contributed by atoms with E-state index in [1.165, 1.54) is 49.5 Å². The first-order valence-electron chi connectivity index (χ1n) is 7.98. The Bertz CT molecular complexity index is 459. The normalized spacial score (nSPS) is 10.6. The topological polar surface area (TPSA) is 100 Å². The molecule has 0 aliphatic heterocycles. The summed E-state index contributed by atoms with van der Waals surface area (Å²) in [6.07, 6.45) is 10.9. The molecule has 0 spiro atoms. The number of ether oxygens (including phenoxy) is 1. The molecule has 0 aromatic carbocycles. The van der Waals surface area contributed by atoms with E-state index in [1.807, 2.05) is 0 Å². The smallest absolute Gasteiger partial charge is 0.327 e. The van der Waals surface area contributed by atoms with Crippen molar-refractivity contribution < 1.29 is 14.3 Å². The van der Waals surface area contributed by atoms with E-state index < -0.39 is 5.91 Å². The number of hydrogen-bond donors (Lipinski definition) is 1. The van der Waals surface area contributed by atoms with E-state index in [4.69, 9.17) is 10.5 Å². The molecule has 1 amide bonds. The maximum Gasteiger partial charge on any atom is 0.327 e. The van der Waals surface area contributed by atoms with E-state index in [-0.39, 0.29) is 18.3 Å². The Labute approximate surface area is 131 Å². The molecule has 1 aromatic rings. The molecule has 1 heterocycles. The van der Waals surface area contributed by atoms with Gasteiger partial charge in [-0.3, -0.25) is 9.59 Å². The van der Waals surface area contributed by atoms with Crippen molar-refractivity contribution in [2.24, 2.45) is 5.73 Å². The molecule has 1 aromatic heterocycles. The van der Waals surface area contributed by atoms with E-state index in [1.54, 1.807) is 0 Å². The summed E-state index contributed by atoms with van der Waals surface area (Å²) in [5.74, 6) is -1.20. The minimum atomic E-state index is -0.717. The zero-order valence-corrected chi connectivity index (χ0v) is 13.3. The van der Waals surface area contributed by atoms with Gasteiger partial charge in [-0.1, -0.05) is 51.9 Å². The van der Waals surface area contributed by atoms with E-state index in [0.717, 1.165) is 12.8 Å². The minimum absolute atomic E-state index is 0.0582. The highest BCUT2D eigenvalue weighted by molar-refractivity contribution is 5.88. The fourth-order valence-electron chi connectivity index (χ4n) is 2.08. The lowest BCUT2D eigenvalue weighted by Gasteiger charge is -2.05. The van der Waals surface area contributed by atoms with Crippen LogP contribution in [-0.4, -0.2) is 33.2 Å². The largest absolute Gasteiger partial charge is 0.464 e. The van der Waals surface area contributed by atoms with Gasteiger partial charge in [-0.25, -0.2) is 9.67 Å². The summed E-state index contributed by atoms with van der Waals surface area (Å²) < 4.78 is 6.36. The predicted molar refractivity (Wildman–Crippen MR) is 82.1 cm³/mol. The first kappa shape index (κ1) is 18.1. The molecule has 7 heteroatoms. The molecule has 0 unspecified atom stereocenters. The zero-order valence-electron chi connectivity index (χ0n) is 13.3. The number of aromatic nitrogens is 3. The van der Waals surface area contributed by atoms with Gasteiger partial charge in [-0.15, -0.1) is 5.10 Å². The van der Waals surface area contributed by atoms with Gasteiger partial charge in [0, 0.05) is 0 Å². The van der Waals surface area contributed by atoms with Gasteiger partial charge in [-0.05, 0) is 6.42 Å². The molecule has 0 saturated heterocycles. The fourth-order valence-corrected chi connectivity index (χ4v) is 2.08. The van der Waals surface area contributed by atoms with Crippen molar-refractivity contribution in [3.05, 3.63) is 12.2 Å². The summed E-state index contributed by atoms with van der Waals surface area (Å²) >= 11 is 0. The third-order valence-corrected chi connectivity index (χ3v) is 3.31. The van der Waals surface area contributed by atoms with Crippen LogP contribution >= 0.6 is 0 Å². The first-order chi connectivity index (χ1) is 10.6. The minimum Gasteiger partial charge on any atom is -0.464 e. The van der Waals surface area contributed by atoms with Crippen LogP contribution in [0.25, 0.3) is 0 Å². The number of carbonyl (C=O) groups excluding carboxylic acids is 2. The summed E-state index contributed by atoms with van der Waals surface area (Å²) in [5.41, 5.74) is 5.03. The fraction of sp³-hybridized carbons (Fsp3) is 0.733. The van der Waals surface area contributed by atoms with Crippen molar-refractivity contribution in [1.29, 1.82) is 0 Å². The van der Waals surface area contributed by atoms with Crippen molar-refractivity contribution >= 4 is 11.9 Å². The number of primary amides is 1. The molecule has 0 saturated carbocycles. The van der Waals surface area contributed by atoms with Crippen LogP contribution in [0.2, 0.25) is 0 Å². The van der Waals surface area contributed by atoms with Gasteiger partial charge in [0.25, 0.3) is 5.91 Å². The Morgan fingerprint density at radius 3 is 2.36 bits per heavy atom. The van der Waals surface area contributed by atoms with Crippen molar-refractivity contribution in [1.82, 2.24) is 14.8 Å². The zero-order chi connectivity index (χ0) is 16.2. The molecular weight excluding hydrogens is 284 g/mol. The van der Waals surface area contributed by atoms with Gasteiger partial charge in [-0.2, -0.15) is 0 Å². The molecule has 0 atom stereocenters. The number of rotatable bonds is 12. The molecule has 7 nitrogen and oxygen atoms in total. The average molecular weight is 310 g/mol. The van der Waals surface area contributed by atoms with Gasteiger partial charge in [0.05, 0.1) is 6.61 Å². The maximum atomic E-state index is 11.6. The molecular formula is C15H26N4O3. The maximum absolute atomic E-state index is 11.6. The quantitative estimate of drug-likeness (QED) is 0.470. The van der Waals surface area contributed by atoms with Crippen LogP contribution in [0.3, 0.4) is 0 Å². The van der Waals surface area contributed by atoms with Gasteiger partial charge < -0.3 is 10.5 Å². The monoisotopic (exact) mass is 310 g/mol. The number of nitrogens with two attached hydrogens (primary N) is 1. The lowest BCUT2D eigenvalue weighted by molar-refractivity contribution is -0.144. The molecule has 1 rings (SSSR count). The van der Waals surface area contributed by atoms with Gasteiger partial charge in [0.2, 0.25) is 5.82 Å². The average Bonchev–Trinajstić information content (AvgIpc) is 2.94. The van der Waals surface area contributed by atoms with E-state index in [2.05, 4.69) is 17.0 Å². The van der Waals surface area contributed by atoms with Gasteiger partial charge in [0.15, 0.2) is 0 Å². The van der Waals surface area contributed by atoms with Crippen LogP contribution in [0.5, 0.6) is 0 Å². The number of esters is 1. The summed E-state index contributed by atoms with van der Waals surface area (Å²) in [5, 5.41) is 3.77. The Kier molecular flexibility index (Phi) is 8.86. The van der Waals surface area contributed by atoms with Crippen molar-refractivity contribution in [3.8, 4) is 0 Å². The molecule has 0 bridgehead atoms. The lowest BCUT2D eigenvalue weighted by atomic mass is 10.1. The summed E-state index contributed by atoms with van der Waals surface area (Å²) in [6, 6.07) is 0. The van der Waals surface area contributed by atoms with Crippen LogP contribution in [-0.2, 0) is 16.1 Å². The predicted octanol–water partition coefficient (Wildman–Crippen LogP) is 2.06. The number of unbranched alkanes of at least 4 members (excludes halogenated alkanes) is 7. The van der Waals surface area contributed by atoms with E-state index >= 15 is 0 Å². The standard InChI is InChI=1S/C15H26N4O3/c1-2-3-4-5-6-7-8-9-10-22-13(20)11-19-12-17-15(18-19)14(16)21/h12H,2-11H2,1H3,(H2,16,21). The highest BCUT2D eigenvalue weighted by atomic mass is 16.5. The summed E-state index contributed by atoms with van der Waals surface area (Å²) in [4.78, 5) is 26.1. The van der Waals surface area contributed by atoms with Crippen LogP contribution in [0.15, 0.2) is 6.33 Å². The van der Waals surface area contributed by atoms with Gasteiger partial charge in [0.1, 0.15) is 12.9 Å². The molecule has 0 radical (unpaired) electrons. The van der Waals surface area contributed by atoms with Crippen LogP contribution in [0.1, 0.15) is 68.9 Å². The molecule has 0 aliphatic carbocycles. The Morgan fingerprint density at radius 1 is 1.14 bits per heavy atom. The third kappa shape index (κ3) is 7.75. The van der Waals surface area contributed by atoms with Crippen molar-refractivity contribution in [2.45, 2.75) is 64.8 Å². The van der Waals surface area contributed by atoms with Crippen molar-refractivity contribution in [3.63, 3.8) is 0 Å². The van der Waals surface area contributed by atoms with E-state index in [0.29, 0.717) is 6.61 Å². The molecule has 124 valence electrons. The van der Waals surface area contributed by atoms with E-state index in [9.17, 15) is 9.59 Å². The Hall–Kier alpha value is -1.92. The molecule has 22 heavy (non-hydrogen) atoms. The summed E-state index contributed by atoms with van der Waals surface area (Å²) in [6.45, 7) is 2.57. The second-order valence-electron chi connectivity index (χ2n) is 5.33. The highest BCUT2D eigenvalue weighted by Gasteiger charge is 2.10. The first-order valence-corrected chi connectivity index (χ1v) is 7.98. The number of carbonyl (C=O) groups is 2. The number of nitrogens with zero attached hydrogens (tertiary/aromatic N) is 3. The number of hydrogen-bond acceptors (Lipinski definition) is 5. The highest BCUT2D eigenvalue weighted by Crippen LogP contribution is 2.08. The van der Waals surface area contributed by atoms with Crippen LogP contribution in [0, 0.1) is 0 Å². The molecule has 0 fully saturated rings. The lowest BCUT2D eigenvalue weighted by Crippen LogP contribution is -2.17. The molecule has 0 aliphatic rings. The van der Waals surface area contributed by atoms with Gasteiger partial charge >= 0.3 is 5.97 Å². The SMILES string of the molecule is CCCCCCCCCCOC(=O)Cn1cnc(C(N)=O)n1.